The molecule has 0 aliphatic heterocycles. The molecule has 0 fully saturated rings. The Labute approximate surface area is 121 Å². The van der Waals surface area contributed by atoms with Crippen LogP contribution in [0, 0.1) is 6.92 Å². The Morgan fingerprint density at radius 1 is 1.00 bits per heavy atom. The van der Waals surface area contributed by atoms with E-state index < -0.39 is 6.10 Å². The van der Waals surface area contributed by atoms with Crippen molar-refractivity contribution in [2.75, 3.05) is 6.61 Å². The number of hydrogen-bond acceptors (Lipinski definition) is 2. The van der Waals surface area contributed by atoms with Crippen LogP contribution in [0.25, 0.3) is 0 Å². The van der Waals surface area contributed by atoms with Gasteiger partial charge in [-0.2, -0.15) is 0 Å². The fraction of sp³-hybridized carbons (Fsp3) is 0.333. The molecule has 0 spiro atoms. The highest BCUT2D eigenvalue weighted by atomic mass is 16.5. The second-order valence-electron chi connectivity index (χ2n) is 5.46. The number of rotatable bonds is 5. The maximum atomic E-state index is 10.2. The molecule has 1 atom stereocenters. The van der Waals surface area contributed by atoms with Gasteiger partial charge in [-0.05, 0) is 41.7 Å². The Morgan fingerprint density at radius 3 is 2.25 bits per heavy atom. The summed E-state index contributed by atoms with van der Waals surface area (Å²) in [7, 11) is 0. The first-order valence-corrected chi connectivity index (χ1v) is 7.03. The minimum atomic E-state index is -0.600. The third kappa shape index (κ3) is 3.84. The third-order valence-corrected chi connectivity index (χ3v) is 3.39. The zero-order valence-corrected chi connectivity index (χ0v) is 12.3. The van der Waals surface area contributed by atoms with Crippen LogP contribution in [0.2, 0.25) is 0 Å². The van der Waals surface area contributed by atoms with Gasteiger partial charge in [0.1, 0.15) is 18.5 Å². The van der Waals surface area contributed by atoms with Gasteiger partial charge < -0.3 is 9.84 Å². The highest BCUT2D eigenvalue weighted by Crippen LogP contribution is 2.20. The SMILES string of the molecule is Cc1cccc(OCC(O)c2ccc(C(C)C)cc2)c1. The maximum absolute atomic E-state index is 10.2. The van der Waals surface area contributed by atoms with Crippen LogP contribution in [0.1, 0.15) is 42.6 Å². The van der Waals surface area contributed by atoms with Crippen molar-refractivity contribution in [2.45, 2.75) is 32.8 Å². The molecule has 0 saturated carbocycles. The molecular formula is C18H22O2. The summed E-state index contributed by atoms with van der Waals surface area (Å²) in [5.41, 5.74) is 3.32. The summed E-state index contributed by atoms with van der Waals surface area (Å²) < 4.78 is 5.63. The van der Waals surface area contributed by atoms with Crippen molar-refractivity contribution in [3.8, 4) is 5.75 Å². The number of ether oxygens (including phenoxy) is 1. The van der Waals surface area contributed by atoms with E-state index in [1.807, 2.05) is 43.3 Å². The molecular weight excluding hydrogens is 248 g/mol. The van der Waals surface area contributed by atoms with E-state index in [9.17, 15) is 5.11 Å². The van der Waals surface area contributed by atoms with Crippen LogP contribution >= 0.6 is 0 Å². The van der Waals surface area contributed by atoms with Crippen LogP contribution in [0.15, 0.2) is 48.5 Å². The van der Waals surface area contributed by atoms with E-state index in [0.29, 0.717) is 5.92 Å². The van der Waals surface area contributed by atoms with Crippen molar-refractivity contribution < 1.29 is 9.84 Å². The molecule has 0 aliphatic rings. The predicted octanol–water partition coefficient (Wildman–Crippen LogP) is 4.23. The first-order chi connectivity index (χ1) is 9.56. The molecule has 0 amide bonds. The lowest BCUT2D eigenvalue weighted by Gasteiger charge is -2.14. The van der Waals surface area contributed by atoms with E-state index in [1.165, 1.54) is 5.56 Å². The van der Waals surface area contributed by atoms with E-state index in [4.69, 9.17) is 4.74 Å². The molecule has 0 saturated heterocycles. The lowest BCUT2D eigenvalue weighted by Crippen LogP contribution is -2.09. The molecule has 0 radical (unpaired) electrons. The zero-order chi connectivity index (χ0) is 14.5. The smallest absolute Gasteiger partial charge is 0.119 e. The van der Waals surface area contributed by atoms with Gasteiger partial charge in [-0.1, -0.05) is 50.2 Å². The average molecular weight is 270 g/mol. The van der Waals surface area contributed by atoms with Crippen LogP contribution in [-0.2, 0) is 0 Å². The number of benzene rings is 2. The van der Waals surface area contributed by atoms with Gasteiger partial charge in [0.05, 0.1) is 0 Å². The summed E-state index contributed by atoms with van der Waals surface area (Å²) in [5.74, 6) is 1.30. The van der Waals surface area contributed by atoms with E-state index in [-0.39, 0.29) is 6.61 Å². The molecule has 2 rings (SSSR count). The standard InChI is InChI=1S/C18H22O2/c1-13(2)15-7-9-16(10-8-15)18(19)12-20-17-6-4-5-14(3)11-17/h4-11,13,18-19H,12H2,1-3H3. The average Bonchev–Trinajstić information content (AvgIpc) is 2.45. The molecule has 106 valence electrons. The molecule has 2 aromatic carbocycles. The van der Waals surface area contributed by atoms with Crippen molar-refractivity contribution in [3.05, 3.63) is 65.2 Å². The predicted molar refractivity (Wildman–Crippen MR) is 82.2 cm³/mol. The molecule has 0 bridgehead atoms. The number of hydrogen-bond donors (Lipinski definition) is 1. The lowest BCUT2D eigenvalue weighted by molar-refractivity contribution is 0.108. The largest absolute Gasteiger partial charge is 0.491 e. The summed E-state index contributed by atoms with van der Waals surface area (Å²) in [6.07, 6.45) is -0.600. The molecule has 2 nitrogen and oxygen atoms in total. The molecule has 0 aliphatic carbocycles. The van der Waals surface area contributed by atoms with Gasteiger partial charge >= 0.3 is 0 Å². The topological polar surface area (TPSA) is 29.5 Å². The summed E-state index contributed by atoms with van der Waals surface area (Å²) in [6, 6.07) is 15.9. The molecule has 1 N–H and O–H groups in total. The Kier molecular flexibility index (Phi) is 4.80. The molecule has 2 aromatic rings. The van der Waals surface area contributed by atoms with E-state index in [1.54, 1.807) is 0 Å². The Hall–Kier alpha value is -1.80. The first kappa shape index (κ1) is 14.6. The van der Waals surface area contributed by atoms with Crippen molar-refractivity contribution in [1.29, 1.82) is 0 Å². The second-order valence-corrected chi connectivity index (χ2v) is 5.46. The summed E-state index contributed by atoms with van der Waals surface area (Å²) in [4.78, 5) is 0. The fourth-order valence-corrected chi connectivity index (χ4v) is 2.08. The highest BCUT2D eigenvalue weighted by Gasteiger charge is 2.09. The molecule has 1 unspecified atom stereocenters. The normalized spacial score (nSPS) is 12.4. The zero-order valence-electron chi connectivity index (χ0n) is 12.3. The summed E-state index contributed by atoms with van der Waals surface area (Å²) in [5, 5.41) is 10.2. The maximum Gasteiger partial charge on any atom is 0.119 e. The van der Waals surface area contributed by atoms with Gasteiger partial charge in [-0.25, -0.2) is 0 Å². The minimum absolute atomic E-state index is 0.268. The Bertz CT molecular complexity index is 544. The van der Waals surface area contributed by atoms with Gasteiger partial charge in [-0.15, -0.1) is 0 Å². The number of aryl methyl sites for hydroxylation is 1. The van der Waals surface area contributed by atoms with E-state index in [0.717, 1.165) is 16.9 Å². The van der Waals surface area contributed by atoms with Gasteiger partial charge in [-0.3, -0.25) is 0 Å². The van der Waals surface area contributed by atoms with Crippen LogP contribution in [0.4, 0.5) is 0 Å². The Balaban J connectivity index is 1.96. The fourth-order valence-electron chi connectivity index (χ4n) is 2.08. The van der Waals surface area contributed by atoms with Crippen LogP contribution in [0.5, 0.6) is 5.75 Å². The number of aliphatic hydroxyl groups excluding tert-OH is 1. The van der Waals surface area contributed by atoms with E-state index in [2.05, 4.69) is 26.0 Å². The Morgan fingerprint density at radius 2 is 1.65 bits per heavy atom. The quantitative estimate of drug-likeness (QED) is 0.881. The molecule has 0 aromatic heterocycles. The van der Waals surface area contributed by atoms with Crippen molar-refractivity contribution in [2.24, 2.45) is 0 Å². The molecule has 2 heteroatoms. The van der Waals surface area contributed by atoms with Gasteiger partial charge in [0.25, 0.3) is 0 Å². The minimum Gasteiger partial charge on any atom is -0.491 e. The van der Waals surface area contributed by atoms with Gasteiger partial charge in [0, 0.05) is 0 Å². The number of aliphatic hydroxyl groups is 1. The van der Waals surface area contributed by atoms with Crippen molar-refractivity contribution >= 4 is 0 Å². The third-order valence-electron chi connectivity index (χ3n) is 3.39. The molecule has 20 heavy (non-hydrogen) atoms. The second kappa shape index (κ2) is 6.58. The summed E-state index contributed by atoms with van der Waals surface area (Å²) >= 11 is 0. The van der Waals surface area contributed by atoms with Crippen LogP contribution in [-0.4, -0.2) is 11.7 Å². The van der Waals surface area contributed by atoms with Crippen molar-refractivity contribution in [3.63, 3.8) is 0 Å². The van der Waals surface area contributed by atoms with Crippen molar-refractivity contribution in [1.82, 2.24) is 0 Å². The van der Waals surface area contributed by atoms with Gasteiger partial charge in [0.15, 0.2) is 0 Å². The lowest BCUT2D eigenvalue weighted by atomic mass is 10.0. The first-order valence-electron chi connectivity index (χ1n) is 7.03. The van der Waals surface area contributed by atoms with Gasteiger partial charge in [0.2, 0.25) is 0 Å². The summed E-state index contributed by atoms with van der Waals surface area (Å²) in [6.45, 7) is 6.61. The highest BCUT2D eigenvalue weighted by molar-refractivity contribution is 5.28. The van der Waals surface area contributed by atoms with Crippen LogP contribution < -0.4 is 4.74 Å². The molecule has 0 heterocycles. The van der Waals surface area contributed by atoms with E-state index >= 15 is 0 Å². The monoisotopic (exact) mass is 270 g/mol. The van der Waals surface area contributed by atoms with Crippen LogP contribution in [0.3, 0.4) is 0 Å².